The van der Waals surface area contributed by atoms with Crippen LogP contribution < -0.4 is 0 Å². The maximum absolute atomic E-state index is 11.7. The number of hydrogen-bond acceptors (Lipinski definition) is 3. The van der Waals surface area contributed by atoms with Crippen LogP contribution in [0, 0.1) is 0 Å². The fraction of sp³-hybridized carbons (Fsp3) is 0.100. The molecule has 4 heteroatoms. The number of fused-ring (bicyclic) bond motifs is 1. The quantitative estimate of drug-likeness (QED) is 0.409. The third kappa shape index (κ3) is 2.99. The number of ether oxygens (including phenoxy) is 1. The average Bonchev–Trinajstić information content (AvgIpc) is 2.93. The van der Waals surface area contributed by atoms with Crippen molar-refractivity contribution in [3.63, 3.8) is 0 Å². The van der Waals surface area contributed by atoms with Gasteiger partial charge in [0.2, 0.25) is 0 Å². The molecule has 3 aromatic rings. The largest absolute Gasteiger partial charge is 0.466 e. The van der Waals surface area contributed by atoms with Gasteiger partial charge >= 0.3 is 5.97 Å². The summed E-state index contributed by atoms with van der Waals surface area (Å²) in [4.78, 5) is 23.1. The highest BCUT2D eigenvalue weighted by Gasteiger charge is 2.15. The Bertz CT molecular complexity index is 907. The number of methoxy groups -OCH3 is 1. The molecule has 0 amide bonds. The Labute approximate surface area is 140 Å². The lowest BCUT2D eigenvalue weighted by atomic mass is 10.1. The number of aromatic nitrogens is 1. The Morgan fingerprint density at radius 2 is 1.79 bits per heavy atom. The molecular formula is C20H17NO3. The van der Waals surface area contributed by atoms with Crippen molar-refractivity contribution in [2.45, 2.75) is 6.54 Å². The van der Waals surface area contributed by atoms with Crippen molar-refractivity contribution < 1.29 is 14.3 Å². The first kappa shape index (κ1) is 15.7. The first-order chi connectivity index (χ1) is 11.7. The van der Waals surface area contributed by atoms with Crippen LogP contribution in [0.1, 0.15) is 21.6 Å². The van der Waals surface area contributed by atoms with Gasteiger partial charge in [-0.2, -0.15) is 0 Å². The second kappa shape index (κ2) is 6.96. The molecule has 0 aliphatic heterocycles. The van der Waals surface area contributed by atoms with Crippen molar-refractivity contribution in [1.82, 2.24) is 4.57 Å². The van der Waals surface area contributed by atoms with Gasteiger partial charge < -0.3 is 9.30 Å². The summed E-state index contributed by atoms with van der Waals surface area (Å²) in [5.74, 6) is -0.455. The summed E-state index contributed by atoms with van der Waals surface area (Å²) < 4.78 is 6.69. The summed E-state index contributed by atoms with van der Waals surface area (Å²) in [5, 5.41) is 0.868. The van der Waals surface area contributed by atoms with Crippen molar-refractivity contribution in [3.05, 3.63) is 77.5 Å². The number of carbonyl (C=O) groups excluding carboxylic acids is 2. The van der Waals surface area contributed by atoms with Gasteiger partial charge in [-0.05, 0) is 17.7 Å². The van der Waals surface area contributed by atoms with E-state index in [2.05, 4.69) is 4.74 Å². The molecule has 0 unspecified atom stereocenters. The van der Waals surface area contributed by atoms with E-state index in [9.17, 15) is 9.59 Å². The lowest BCUT2D eigenvalue weighted by Crippen LogP contribution is -2.03. The van der Waals surface area contributed by atoms with Crippen molar-refractivity contribution >= 4 is 29.2 Å². The summed E-state index contributed by atoms with van der Waals surface area (Å²) in [5.41, 5.74) is 3.33. The fourth-order valence-corrected chi connectivity index (χ4v) is 2.80. The highest BCUT2D eigenvalue weighted by atomic mass is 16.5. The third-order valence-electron chi connectivity index (χ3n) is 3.93. The summed E-state index contributed by atoms with van der Waals surface area (Å²) >= 11 is 0. The molecule has 0 radical (unpaired) electrons. The van der Waals surface area contributed by atoms with E-state index in [4.69, 9.17) is 0 Å². The lowest BCUT2D eigenvalue weighted by Gasteiger charge is -2.09. The van der Waals surface area contributed by atoms with Crippen LogP contribution in [0.25, 0.3) is 17.0 Å². The van der Waals surface area contributed by atoms with Gasteiger partial charge in [0.15, 0.2) is 6.29 Å². The number of rotatable bonds is 5. The summed E-state index contributed by atoms with van der Waals surface area (Å²) in [6, 6.07) is 17.7. The normalized spacial score (nSPS) is 11.0. The van der Waals surface area contributed by atoms with Crippen LogP contribution in [0.5, 0.6) is 0 Å². The SMILES string of the molecule is COC(=O)/C=C/c1c(C=O)c2ccccc2n1Cc1ccccc1. The molecule has 0 aliphatic carbocycles. The molecule has 0 saturated heterocycles. The van der Waals surface area contributed by atoms with Gasteiger partial charge in [-0.1, -0.05) is 48.5 Å². The Hall–Kier alpha value is -3.14. The van der Waals surface area contributed by atoms with E-state index < -0.39 is 5.97 Å². The van der Waals surface area contributed by atoms with Crippen LogP contribution in [0.2, 0.25) is 0 Å². The number of esters is 1. The van der Waals surface area contributed by atoms with Gasteiger partial charge in [-0.25, -0.2) is 4.79 Å². The molecule has 4 nitrogen and oxygen atoms in total. The molecular weight excluding hydrogens is 302 g/mol. The van der Waals surface area contributed by atoms with Crippen LogP contribution >= 0.6 is 0 Å². The molecule has 24 heavy (non-hydrogen) atoms. The van der Waals surface area contributed by atoms with Gasteiger partial charge in [0.1, 0.15) is 0 Å². The smallest absolute Gasteiger partial charge is 0.330 e. The molecule has 1 aromatic heterocycles. The van der Waals surface area contributed by atoms with E-state index in [1.54, 1.807) is 6.08 Å². The Kier molecular flexibility index (Phi) is 4.57. The van der Waals surface area contributed by atoms with E-state index in [1.165, 1.54) is 13.2 Å². The standard InChI is InChI=1S/C20H17NO3/c1-24-20(23)12-11-19-17(14-22)16-9-5-6-10-18(16)21(19)13-15-7-3-2-4-8-15/h2-12,14H,13H2,1H3/b12-11+. The Balaban J connectivity index is 2.18. The second-order valence-electron chi connectivity index (χ2n) is 5.36. The Morgan fingerprint density at radius 1 is 1.08 bits per heavy atom. The number of carbonyl (C=O) groups is 2. The fourth-order valence-electron chi connectivity index (χ4n) is 2.80. The number of para-hydroxylation sites is 1. The molecule has 0 atom stereocenters. The Morgan fingerprint density at radius 3 is 2.50 bits per heavy atom. The summed E-state index contributed by atoms with van der Waals surface area (Å²) in [6.45, 7) is 0.607. The molecule has 0 spiro atoms. The topological polar surface area (TPSA) is 48.3 Å². The third-order valence-corrected chi connectivity index (χ3v) is 3.93. The predicted molar refractivity (Wildman–Crippen MR) is 93.9 cm³/mol. The van der Waals surface area contributed by atoms with Crippen molar-refractivity contribution in [1.29, 1.82) is 0 Å². The molecule has 0 aliphatic rings. The zero-order valence-electron chi connectivity index (χ0n) is 13.3. The highest BCUT2D eigenvalue weighted by Crippen LogP contribution is 2.27. The maximum atomic E-state index is 11.7. The zero-order chi connectivity index (χ0) is 16.9. The summed E-state index contributed by atoms with van der Waals surface area (Å²) in [7, 11) is 1.33. The van der Waals surface area contributed by atoms with Crippen LogP contribution in [-0.2, 0) is 16.1 Å². The van der Waals surface area contributed by atoms with Crippen LogP contribution in [0.3, 0.4) is 0 Å². The van der Waals surface area contributed by atoms with E-state index in [0.717, 1.165) is 22.8 Å². The molecule has 3 rings (SSSR count). The number of aldehydes is 1. The predicted octanol–water partition coefficient (Wildman–Crippen LogP) is 3.69. The highest BCUT2D eigenvalue weighted by molar-refractivity contribution is 6.02. The first-order valence-electron chi connectivity index (χ1n) is 7.61. The summed E-state index contributed by atoms with van der Waals surface area (Å²) in [6.07, 6.45) is 3.81. The van der Waals surface area contributed by atoms with Gasteiger partial charge in [-0.3, -0.25) is 4.79 Å². The van der Waals surface area contributed by atoms with E-state index >= 15 is 0 Å². The molecule has 2 aromatic carbocycles. The molecule has 0 N–H and O–H groups in total. The van der Waals surface area contributed by atoms with Gasteiger partial charge in [0.25, 0.3) is 0 Å². The van der Waals surface area contributed by atoms with Crippen molar-refractivity contribution in [3.8, 4) is 0 Å². The van der Waals surface area contributed by atoms with E-state index in [-0.39, 0.29) is 0 Å². The first-order valence-corrected chi connectivity index (χ1v) is 7.61. The maximum Gasteiger partial charge on any atom is 0.330 e. The molecule has 0 fully saturated rings. The van der Waals surface area contributed by atoms with Crippen LogP contribution in [-0.4, -0.2) is 23.9 Å². The minimum Gasteiger partial charge on any atom is -0.466 e. The minimum absolute atomic E-state index is 0.455. The van der Waals surface area contributed by atoms with Crippen LogP contribution in [0.15, 0.2) is 60.7 Å². The van der Waals surface area contributed by atoms with Crippen LogP contribution in [0.4, 0.5) is 0 Å². The molecule has 0 saturated carbocycles. The molecule has 0 bridgehead atoms. The van der Waals surface area contributed by atoms with Gasteiger partial charge in [0, 0.05) is 29.1 Å². The zero-order valence-corrected chi connectivity index (χ0v) is 13.3. The van der Waals surface area contributed by atoms with Crippen molar-refractivity contribution in [2.75, 3.05) is 7.11 Å². The van der Waals surface area contributed by atoms with Crippen molar-refractivity contribution in [2.24, 2.45) is 0 Å². The van der Waals surface area contributed by atoms with Gasteiger partial charge in [0.05, 0.1) is 12.8 Å². The number of nitrogens with zero attached hydrogens (tertiary/aromatic N) is 1. The number of benzene rings is 2. The lowest BCUT2D eigenvalue weighted by molar-refractivity contribution is -0.134. The second-order valence-corrected chi connectivity index (χ2v) is 5.36. The monoisotopic (exact) mass is 319 g/mol. The minimum atomic E-state index is -0.455. The molecule has 1 heterocycles. The van der Waals surface area contributed by atoms with Gasteiger partial charge in [-0.15, -0.1) is 0 Å². The number of hydrogen-bond donors (Lipinski definition) is 0. The average molecular weight is 319 g/mol. The molecule has 120 valence electrons. The van der Waals surface area contributed by atoms with E-state index in [1.807, 2.05) is 59.2 Å². The van der Waals surface area contributed by atoms with E-state index in [0.29, 0.717) is 17.8 Å².